The monoisotopic (exact) mass is 268 g/mol. The maximum Gasteiger partial charge on any atom is 0.471 e. The third-order valence-electron chi connectivity index (χ3n) is 2.40. The van der Waals surface area contributed by atoms with Crippen LogP contribution >= 0.6 is 0 Å². The summed E-state index contributed by atoms with van der Waals surface area (Å²) in [7, 11) is 0. The number of carbonyl (C=O) groups is 1. The van der Waals surface area contributed by atoms with E-state index in [-0.39, 0.29) is 5.69 Å². The molecular formula is C13H11F3N2O. The lowest BCUT2D eigenvalue weighted by molar-refractivity contribution is -0.167. The summed E-state index contributed by atoms with van der Waals surface area (Å²) in [4.78, 5) is 10.9. The summed E-state index contributed by atoms with van der Waals surface area (Å²) in [6, 6.07) is 5.00. The lowest BCUT2D eigenvalue weighted by Crippen LogP contribution is -2.30. The average molecular weight is 268 g/mol. The first-order chi connectivity index (χ1) is 8.75. The van der Waals surface area contributed by atoms with Gasteiger partial charge in [0.1, 0.15) is 0 Å². The quantitative estimate of drug-likeness (QED) is 0.836. The van der Waals surface area contributed by atoms with Crippen LogP contribution in [0.15, 0.2) is 18.2 Å². The fraction of sp³-hybridized carbons (Fsp3) is 0.231. The molecule has 1 amide bonds. The lowest BCUT2D eigenvalue weighted by Gasteiger charge is -2.14. The van der Waals surface area contributed by atoms with E-state index in [2.05, 4.69) is 0 Å². The van der Waals surface area contributed by atoms with Crippen LogP contribution in [0, 0.1) is 25.2 Å². The highest BCUT2D eigenvalue weighted by atomic mass is 19.4. The lowest BCUT2D eigenvalue weighted by atomic mass is 10.0. The minimum atomic E-state index is -4.92. The molecule has 0 atom stereocenters. The van der Waals surface area contributed by atoms with Gasteiger partial charge in [0.25, 0.3) is 0 Å². The molecular weight excluding hydrogens is 257 g/mol. The number of benzene rings is 1. The van der Waals surface area contributed by atoms with Crippen LogP contribution < -0.4 is 5.32 Å². The number of halogens is 3. The number of nitrogens with zero attached hydrogens (tertiary/aromatic N) is 1. The Morgan fingerprint density at radius 1 is 1.32 bits per heavy atom. The van der Waals surface area contributed by atoms with Crippen LogP contribution in [-0.2, 0) is 4.79 Å². The molecule has 0 unspecified atom stereocenters. The van der Waals surface area contributed by atoms with Gasteiger partial charge in [0.05, 0.1) is 6.07 Å². The maximum atomic E-state index is 12.2. The van der Waals surface area contributed by atoms with Gasteiger partial charge in [-0.05, 0) is 48.7 Å². The molecule has 0 aliphatic rings. The Morgan fingerprint density at radius 3 is 2.26 bits per heavy atom. The number of anilines is 1. The van der Waals surface area contributed by atoms with Crippen molar-refractivity contribution in [1.29, 1.82) is 5.26 Å². The number of hydrogen-bond acceptors (Lipinski definition) is 2. The molecule has 3 nitrogen and oxygen atoms in total. The van der Waals surface area contributed by atoms with Crippen molar-refractivity contribution in [2.24, 2.45) is 0 Å². The highest BCUT2D eigenvalue weighted by Crippen LogP contribution is 2.25. The molecule has 100 valence electrons. The Hall–Kier alpha value is -2.29. The van der Waals surface area contributed by atoms with Crippen LogP contribution in [0.1, 0.15) is 16.7 Å². The zero-order chi connectivity index (χ0) is 14.6. The van der Waals surface area contributed by atoms with Crippen LogP contribution in [0.3, 0.4) is 0 Å². The van der Waals surface area contributed by atoms with E-state index in [1.165, 1.54) is 12.2 Å². The van der Waals surface area contributed by atoms with Gasteiger partial charge in [0.15, 0.2) is 0 Å². The van der Waals surface area contributed by atoms with E-state index < -0.39 is 12.1 Å². The van der Waals surface area contributed by atoms with E-state index in [1.54, 1.807) is 26.0 Å². The molecule has 0 bridgehead atoms. The van der Waals surface area contributed by atoms with Gasteiger partial charge in [-0.25, -0.2) is 0 Å². The van der Waals surface area contributed by atoms with Crippen molar-refractivity contribution in [2.45, 2.75) is 20.0 Å². The molecule has 0 aliphatic heterocycles. The van der Waals surface area contributed by atoms with Crippen molar-refractivity contribution in [2.75, 3.05) is 5.32 Å². The molecule has 0 fully saturated rings. The van der Waals surface area contributed by atoms with Gasteiger partial charge in [0.2, 0.25) is 0 Å². The molecule has 19 heavy (non-hydrogen) atoms. The Bertz CT molecular complexity index is 545. The second kappa shape index (κ2) is 5.57. The first kappa shape index (κ1) is 14.8. The summed E-state index contributed by atoms with van der Waals surface area (Å²) in [5.41, 5.74) is 1.81. The molecule has 0 aromatic heterocycles. The number of hydrogen-bond donors (Lipinski definition) is 1. The van der Waals surface area contributed by atoms with E-state index in [0.29, 0.717) is 16.7 Å². The van der Waals surface area contributed by atoms with E-state index in [0.717, 1.165) is 0 Å². The summed E-state index contributed by atoms with van der Waals surface area (Å²) in [6.45, 7) is 3.17. The number of carbonyl (C=O) groups excluding carboxylic acids is 1. The van der Waals surface area contributed by atoms with Crippen molar-refractivity contribution in [3.63, 3.8) is 0 Å². The van der Waals surface area contributed by atoms with Crippen LogP contribution in [0.25, 0.3) is 6.08 Å². The second-order valence-electron chi connectivity index (χ2n) is 3.94. The van der Waals surface area contributed by atoms with Crippen molar-refractivity contribution in [3.8, 4) is 6.07 Å². The Balaban J connectivity index is 3.08. The SMILES string of the molecule is Cc1cc(/C=C/C#N)cc(C)c1NC(=O)C(F)(F)F. The molecule has 0 radical (unpaired) electrons. The fourth-order valence-electron chi connectivity index (χ4n) is 1.61. The zero-order valence-electron chi connectivity index (χ0n) is 10.3. The Morgan fingerprint density at radius 2 is 1.84 bits per heavy atom. The first-order valence-electron chi connectivity index (χ1n) is 5.31. The number of amides is 1. The predicted octanol–water partition coefficient (Wildman–Crippen LogP) is 3.34. The van der Waals surface area contributed by atoms with Crippen LogP contribution in [0.2, 0.25) is 0 Å². The van der Waals surface area contributed by atoms with Gasteiger partial charge < -0.3 is 5.32 Å². The summed E-state index contributed by atoms with van der Waals surface area (Å²) in [6.07, 6.45) is -2.12. The Labute approximate surface area is 108 Å². The van der Waals surface area contributed by atoms with Gasteiger partial charge in [0, 0.05) is 11.8 Å². The number of alkyl halides is 3. The number of nitriles is 1. The van der Waals surface area contributed by atoms with E-state index in [1.807, 2.05) is 11.4 Å². The maximum absolute atomic E-state index is 12.2. The third-order valence-corrected chi connectivity index (χ3v) is 2.40. The second-order valence-corrected chi connectivity index (χ2v) is 3.94. The largest absolute Gasteiger partial charge is 0.471 e. The van der Waals surface area contributed by atoms with Crippen molar-refractivity contribution < 1.29 is 18.0 Å². The molecule has 0 spiro atoms. The fourth-order valence-corrected chi connectivity index (χ4v) is 1.61. The minimum absolute atomic E-state index is 0.136. The van der Waals surface area contributed by atoms with Gasteiger partial charge in [-0.15, -0.1) is 0 Å². The molecule has 0 heterocycles. The van der Waals surface area contributed by atoms with Crippen molar-refractivity contribution in [3.05, 3.63) is 34.9 Å². The van der Waals surface area contributed by atoms with Crippen LogP contribution in [-0.4, -0.2) is 12.1 Å². The van der Waals surface area contributed by atoms with Gasteiger partial charge in [-0.2, -0.15) is 18.4 Å². The number of nitrogens with one attached hydrogen (secondary N) is 1. The molecule has 0 saturated carbocycles. The highest BCUT2D eigenvalue weighted by molar-refractivity contribution is 5.96. The normalized spacial score (nSPS) is 11.4. The van der Waals surface area contributed by atoms with Gasteiger partial charge in [-0.3, -0.25) is 4.79 Å². The minimum Gasteiger partial charge on any atom is -0.318 e. The van der Waals surface area contributed by atoms with E-state index in [4.69, 9.17) is 5.26 Å². The smallest absolute Gasteiger partial charge is 0.318 e. The molecule has 1 rings (SSSR count). The molecule has 0 saturated heterocycles. The summed E-state index contributed by atoms with van der Waals surface area (Å²) >= 11 is 0. The molecule has 1 aromatic carbocycles. The van der Waals surface area contributed by atoms with Gasteiger partial charge >= 0.3 is 12.1 Å². The molecule has 0 aliphatic carbocycles. The zero-order valence-corrected chi connectivity index (χ0v) is 10.3. The highest BCUT2D eigenvalue weighted by Gasteiger charge is 2.39. The average Bonchev–Trinajstić information content (AvgIpc) is 2.29. The number of allylic oxidation sites excluding steroid dienone is 1. The van der Waals surface area contributed by atoms with E-state index in [9.17, 15) is 18.0 Å². The van der Waals surface area contributed by atoms with Crippen molar-refractivity contribution >= 4 is 17.7 Å². The standard InChI is InChI=1S/C13H11F3N2O/c1-8-6-10(4-3-5-17)7-9(2)11(8)18-12(19)13(14,15)16/h3-4,6-7H,1-2H3,(H,18,19)/b4-3+. The number of aryl methyl sites for hydroxylation is 2. The Kier molecular flexibility index (Phi) is 4.33. The van der Waals surface area contributed by atoms with Crippen LogP contribution in [0.4, 0.5) is 18.9 Å². The topological polar surface area (TPSA) is 52.9 Å². The van der Waals surface area contributed by atoms with Crippen molar-refractivity contribution in [1.82, 2.24) is 0 Å². The van der Waals surface area contributed by atoms with E-state index >= 15 is 0 Å². The summed E-state index contributed by atoms with van der Waals surface area (Å²) in [5.74, 6) is -2.00. The number of rotatable bonds is 2. The van der Waals surface area contributed by atoms with Gasteiger partial charge in [-0.1, -0.05) is 0 Å². The molecule has 6 heteroatoms. The summed E-state index contributed by atoms with van der Waals surface area (Å²) in [5, 5.41) is 10.3. The third kappa shape index (κ3) is 3.85. The molecule has 1 aromatic rings. The van der Waals surface area contributed by atoms with Crippen LogP contribution in [0.5, 0.6) is 0 Å². The molecule has 1 N–H and O–H groups in total. The predicted molar refractivity (Wildman–Crippen MR) is 65.2 cm³/mol. The summed E-state index contributed by atoms with van der Waals surface area (Å²) < 4.78 is 36.6. The first-order valence-corrected chi connectivity index (χ1v) is 5.31.